The Kier molecular flexibility index (Phi) is 5.25. The summed E-state index contributed by atoms with van der Waals surface area (Å²) in [5.41, 5.74) is 2.90. The van der Waals surface area contributed by atoms with Crippen molar-refractivity contribution < 1.29 is 14.0 Å². The summed E-state index contributed by atoms with van der Waals surface area (Å²) in [7, 11) is 0. The molecule has 5 heteroatoms. The molecule has 1 aliphatic heterocycles. The van der Waals surface area contributed by atoms with Crippen molar-refractivity contribution in [2.45, 2.75) is 52.5 Å². The molecular formula is C23H28N2O3. The first kappa shape index (κ1) is 18.8. The average molecular weight is 380 g/mol. The second-order valence-corrected chi connectivity index (χ2v) is 8.27. The van der Waals surface area contributed by atoms with Gasteiger partial charge in [-0.05, 0) is 43.2 Å². The molecule has 1 saturated carbocycles. The lowest BCUT2D eigenvalue weighted by molar-refractivity contribution is -0.135. The van der Waals surface area contributed by atoms with Gasteiger partial charge in [0.2, 0.25) is 11.8 Å². The molecule has 2 aliphatic rings. The first-order valence-corrected chi connectivity index (χ1v) is 10.3. The van der Waals surface area contributed by atoms with E-state index in [1.165, 1.54) is 0 Å². The third kappa shape index (κ3) is 3.84. The van der Waals surface area contributed by atoms with Gasteiger partial charge in [-0.15, -0.1) is 0 Å². The average Bonchev–Trinajstić information content (AvgIpc) is 3.37. The van der Waals surface area contributed by atoms with Gasteiger partial charge >= 0.3 is 0 Å². The van der Waals surface area contributed by atoms with E-state index in [0.29, 0.717) is 13.1 Å². The predicted octanol–water partition coefficient (Wildman–Crippen LogP) is 4.62. The fraction of sp³-hybridized carbons (Fsp3) is 0.478. The maximum atomic E-state index is 12.3. The maximum absolute atomic E-state index is 12.3. The minimum Gasteiger partial charge on any atom is -0.461 e. The number of nitrogens with zero attached hydrogens (tertiary/aromatic N) is 1. The van der Waals surface area contributed by atoms with Crippen LogP contribution in [0.1, 0.15) is 50.9 Å². The first-order chi connectivity index (χ1) is 13.5. The van der Waals surface area contributed by atoms with Crippen molar-refractivity contribution in [3.8, 4) is 11.3 Å². The van der Waals surface area contributed by atoms with Crippen molar-refractivity contribution in [2.75, 3.05) is 11.9 Å². The second-order valence-electron chi connectivity index (χ2n) is 8.27. The lowest BCUT2D eigenvalue weighted by Gasteiger charge is -2.27. The Morgan fingerprint density at radius 3 is 2.54 bits per heavy atom. The smallest absolute Gasteiger partial charge is 0.227 e. The molecule has 0 atom stereocenters. The number of fused-ring (bicyclic) bond motifs is 1. The highest BCUT2D eigenvalue weighted by molar-refractivity contribution is 5.92. The normalized spacial score (nSPS) is 17.0. The molecule has 4 rings (SSSR count). The summed E-state index contributed by atoms with van der Waals surface area (Å²) in [6.07, 6.45) is 5.06. The van der Waals surface area contributed by atoms with Crippen molar-refractivity contribution in [3.63, 3.8) is 0 Å². The summed E-state index contributed by atoms with van der Waals surface area (Å²) in [5.74, 6) is 2.29. The molecule has 1 fully saturated rings. The molecule has 2 aromatic rings. The van der Waals surface area contributed by atoms with Gasteiger partial charge in [-0.3, -0.25) is 9.59 Å². The van der Waals surface area contributed by atoms with Gasteiger partial charge < -0.3 is 14.6 Å². The number of nitrogens with one attached hydrogen (secondary N) is 1. The van der Waals surface area contributed by atoms with E-state index in [0.717, 1.165) is 60.4 Å². The van der Waals surface area contributed by atoms with Crippen LogP contribution in [0.15, 0.2) is 34.7 Å². The standard InChI is InChI=1S/C23H28N2O3/c1-15(2)23(27)25-12-11-20-18(14-25)13-21(28-20)16-7-9-19(10-8-16)24-22(26)17-5-3-4-6-17/h7-10,13,15,17H,3-6,11-12,14H2,1-2H3,(H,24,26). The zero-order valence-electron chi connectivity index (χ0n) is 16.7. The molecule has 0 spiro atoms. The second kappa shape index (κ2) is 7.82. The van der Waals surface area contributed by atoms with Crippen LogP contribution in [0.4, 0.5) is 5.69 Å². The van der Waals surface area contributed by atoms with Crippen molar-refractivity contribution in [3.05, 3.63) is 41.7 Å². The summed E-state index contributed by atoms with van der Waals surface area (Å²) >= 11 is 0. The molecule has 28 heavy (non-hydrogen) atoms. The van der Waals surface area contributed by atoms with E-state index in [4.69, 9.17) is 4.42 Å². The van der Waals surface area contributed by atoms with E-state index in [2.05, 4.69) is 5.32 Å². The fourth-order valence-corrected chi connectivity index (χ4v) is 4.18. The highest BCUT2D eigenvalue weighted by Gasteiger charge is 2.26. The van der Waals surface area contributed by atoms with Gasteiger partial charge in [-0.1, -0.05) is 26.7 Å². The SMILES string of the molecule is CC(C)C(=O)N1CCc2oc(-c3ccc(NC(=O)C4CCCC4)cc3)cc2C1. The number of hydrogen-bond acceptors (Lipinski definition) is 3. The van der Waals surface area contributed by atoms with Crippen LogP contribution in [0.3, 0.4) is 0 Å². The van der Waals surface area contributed by atoms with Gasteiger partial charge in [-0.25, -0.2) is 0 Å². The van der Waals surface area contributed by atoms with Crippen LogP contribution in [0, 0.1) is 11.8 Å². The summed E-state index contributed by atoms with van der Waals surface area (Å²) in [5, 5.41) is 3.03. The number of carbonyl (C=O) groups is 2. The lowest BCUT2D eigenvalue weighted by Crippen LogP contribution is -2.37. The van der Waals surface area contributed by atoms with Gasteiger partial charge in [-0.2, -0.15) is 0 Å². The number of carbonyl (C=O) groups excluding carboxylic acids is 2. The summed E-state index contributed by atoms with van der Waals surface area (Å²) in [4.78, 5) is 26.5. The molecule has 1 N–H and O–H groups in total. The number of amides is 2. The van der Waals surface area contributed by atoms with E-state index >= 15 is 0 Å². The van der Waals surface area contributed by atoms with E-state index in [1.54, 1.807) is 0 Å². The molecule has 5 nitrogen and oxygen atoms in total. The molecule has 0 unspecified atom stereocenters. The Balaban J connectivity index is 1.44. The topological polar surface area (TPSA) is 62.6 Å². The zero-order chi connectivity index (χ0) is 19.7. The predicted molar refractivity (Wildman–Crippen MR) is 109 cm³/mol. The van der Waals surface area contributed by atoms with Gasteiger partial charge in [0, 0.05) is 48.2 Å². The molecule has 0 saturated heterocycles. The van der Waals surface area contributed by atoms with Gasteiger partial charge in [0.15, 0.2) is 0 Å². The zero-order valence-corrected chi connectivity index (χ0v) is 16.7. The Morgan fingerprint density at radius 2 is 1.86 bits per heavy atom. The minimum absolute atomic E-state index is 0.0138. The third-order valence-corrected chi connectivity index (χ3v) is 5.84. The van der Waals surface area contributed by atoms with E-state index in [9.17, 15) is 9.59 Å². The summed E-state index contributed by atoms with van der Waals surface area (Å²) < 4.78 is 6.06. The summed E-state index contributed by atoms with van der Waals surface area (Å²) in [6, 6.07) is 9.86. The van der Waals surface area contributed by atoms with Crippen LogP contribution in [0.2, 0.25) is 0 Å². The van der Waals surface area contributed by atoms with Crippen LogP contribution >= 0.6 is 0 Å². The molecule has 0 bridgehead atoms. The third-order valence-electron chi connectivity index (χ3n) is 5.84. The largest absolute Gasteiger partial charge is 0.461 e. The first-order valence-electron chi connectivity index (χ1n) is 10.3. The Hall–Kier alpha value is -2.56. The van der Waals surface area contributed by atoms with Crippen LogP contribution in [0.25, 0.3) is 11.3 Å². The van der Waals surface area contributed by atoms with E-state index in [1.807, 2.05) is 49.1 Å². The van der Waals surface area contributed by atoms with Crippen molar-refractivity contribution in [1.82, 2.24) is 4.90 Å². The Morgan fingerprint density at radius 1 is 1.14 bits per heavy atom. The number of furan rings is 1. The maximum Gasteiger partial charge on any atom is 0.227 e. The molecule has 1 aliphatic carbocycles. The van der Waals surface area contributed by atoms with E-state index < -0.39 is 0 Å². The van der Waals surface area contributed by atoms with Crippen LogP contribution in [-0.2, 0) is 22.6 Å². The molecule has 2 amide bonds. The molecule has 0 radical (unpaired) electrons. The van der Waals surface area contributed by atoms with E-state index in [-0.39, 0.29) is 23.7 Å². The summed E-state index contributed by atoms with van der Waals surface area (Å²) in [6.45, 7) is 5.20. The number of benzene rings is 1. The monoisotopic (exact) mass is 380 g/mol. The molecule has 2 heterocycles. The highest BCUT2D eigenvalue weighted by Crippen LogP contribution is 2.31. The van der Waals surface area contributed by atoms with Crippen molar-refractivity contribution in [1.29, 1.82) is 0 Å². The molecule has 1 aromatic carbocycles. The van der Waals surface area contributed by atoms with Crippen LogP contribution in [-0.4, -0.2) is 23.3 Å². The quantitative estimate of drug-likeness (QED) is 0.842. The minimum atomic E-state index is 0.0138. The van der Waals surface area contributed by atoms with Gasteiger partial charge in [0.05, 0.1) is 0 Å². The van der Waals surface area contributed by atoms with Crippen LogP contribution in [0.5, 0.6) is 0 Å². The highest BCUT2D eigenvalue weighted by atomic mass is 16.3. The fourth-order valence-electron chi connectivity index (χ4n) is 4.18. The Bertz CT molecular complexity index is 860. The number of hydrogen-bond donors (Lipinski definition) is 1. The molecular weight excluding hydrogens is 352 g/mol. The Labute approximate surface area is 166 Å². The number of rotatable bonds is 4. The van der Waals surface area contributed by atoms with Crippen molar-refractivity contribution >= 4 is 17.5 Å². The number of anilines is 1. The van der Waals surface area contributed by atoms with Crippen LogP contribution < -0.4 is 5.32 Å². The van der Waals surface area contributed by atoms with Gasteiger partial charge in [0.25, 0.3) is 0 Å². The molecule has 1 aromatic heterocycles. The molecule has 148 valence electrons. The van der Waals surface area contributed by atoms with Gasteiger partial charge in [0.1, 0.15) is 11.5 Å². The van der Waals surface area contributed by atoms with Crippen molar-refractivity contribution in [2.24, 2.45) is 11.8 Å². The lowest BCUT2D eigenvalue weighted by atomic mass is 10.1.